The number of hydrogen-bond donors (Lipinski definition) is 3. The van der Waals surface area contributed by atoms with Gasteiger partial charge in [-0.1, -0.05) is 12.8 Å². The van der Waals surface area contributed by atoms with Crippen molar-refractivity contribution in [3.05, 3.63) is 0 Å². The summed E-state index contributed by atoms with van der Waals surface area (Å²) in [6.07, 6.45) is 5.15. The van der Waals surface area contributed by atoms with Gasteiger partial charge in [0.05, 0.1) is 11.8 Å². The quantitative estimate of drug-likeness (QED) is 0.588. The maximum absolute atomic E-state index is 11.8. The third-order valence-corrected chi connectivity index (χ3v) is 3.68. The summed E-state index contributed by atoms with van der Waals surface area (Å²) < 4.78 is 23.9. The first kappa shape index (κ1) is 17.6. The molecule has 0 aromatic rings. The number of halogens is 1. The standard InChI is InChI=1S/C10H21N3O3S.ClH/c1-17(15,16)13-8-4-7-12-9(14)10(11)5-2-3-6-10;/h13H,2-8,11H2,1H3,(H,12,14);1H. The minimum absolute atomic E-state index is 0. The van der Waals surface area contributed by atoms with Gasteiger partial charge in [0.25, 0.3) is 0 Å². The second kappa shape index (κ2) is 7.28. The van der Waals surface area contributed by atoms with Crippen LogP contribution in [0.25, 0.3) is 0 Å². The van der Waals surface area contributed by atoms with Crippen molar-refractivity contribution in [1.29, 1.82) is 0 Å². The van der Waals surface area contributed by atoms with Crippen molar-refractivity contribution in [1.82, 2.24) is 10.0 Å². The van der Waals surface area contributed by atoms with E-state index in [1.807, 2.05) is 0 Å². The molecule has 8 heteroatoms. The third-order valence-electron chi connectivity index (χ3n) is 2.95. The number of nitrogens with two attached hydrogens (primary N) is 1. The Labute approximate surface area is 115 Å². The Morgan fingerprint density at radius 2 is 1.83 bits per heavy atom. The molecule has 1 aliphatic rings. The van der Waals surface area contributed by atoms with Crippen molar-refractivity contribution >= 4 is 28.3 Å². The van der Waals surface area contributed by atoms with Crippen molar-refractivity contribution in [2.75, 3.05) is 19.3 Å². The minimum Gasteiger partial charge on any atom is -0.354 e. The molecule has 0 saturated heterocycles. The summed E-state index contributed by atoms with van der Waals surface area (Å²) in [4.78, 5) is 11.8. The zero-order valence-corrected chi connectivity index (χ0v) is 12.2. The molecule has 1 rings (SSSR count). The summed E-state index contributed by atoms with van der Waals surface area (Å²) in [5.41, 5.74) is 5.26. The van der Waals surface area contributed by atoms with Crippen molar-refractivity contribution in [2.24, 2.45) is 5.73 Å². The molecule has 0 bridgehead atoms. The minimum atomic E-state index is -3.14. The number of amides is 1. The van der Waals surface area contributed by atoms with Gasteiger partial charge in [0, 0.05) is 13.1 Å². The van der Waals surface area contributed by atoms with E-state index in [0.717, 1.165) is 31.9 Å². The van der Waals surface area contributed by atoms with Crippen LogP contribution in [-0.2, 0) is 14.8 Å². The van der Waals surface area contributed by atoms with E-state index < -0.39 is 15.6 Å². The molecule has 1 fully saturated rings. The molecule has 4 N–H and O–H groups in total. The first-order chi connectivity index (χ1) is 7.83. The van der Waals surface area contributed by atoms with Crippen molar-refractivity contribution in [2.45, 2.75) is 37.6 Å². The van der Waals surface area contributed by atoms with Crippen LogP contribution in [0, 0.1) is 0 Å². The normalized spacial score (nSPS) is 18.1. The maximum Gasteiger partial charge on any atom is 0.240 e. The van der Waals surface area contributed by atoms with Gasteiger partial charge >= 0.3 is 0 Å². The zero-order valence-electron chi connectivity index (χ0n) is 10.6. The molecular weight excluding hydrogens is 278 g/mol. The van der Waals surface area contributed by atoms with E-state index in [0.29, 0.717) is 19.5 Å². The van der Waals surface area contributed by atoms with Crippen LogP contribution in [-0.4, -0.2) is 39.2 Å². The summed E-state index contributed by atoms with van der Waals surface area (Å²) in [6.45, 7) is 0.775. The number of hydrogen-bond acceptors (Lipinski definition) is 4. The van der Waals surface area contributed by atoms with E-state index in [-0.39, 0.29) is 18.3 Å². The van der Waals surface area contributed by atoms with Crippen LogP contribution in [0.4, 0.5) is 0 Å². The van der Waals surface area contributed by atoms with Crippen LogP contribution in [0.2, 0.25) is 0 Å². The monoisotopic (exact) mass is 299 g/mol. The lowest BCUT2D eigenvalue weighted by molar-refractivity contribution is -0.126. The van der Waals surface area contributed by atoms with Gasteiger partial charge < -0.3 is 11.1 Å². The SMILES string of the molecule is CS(=O)(=O)NCCCNC(=O)C1(N)CCCC1.Cl. The summed E-state index contributed by atoms with van der Waals surface area (Å²) in [5, 5.41) is 2.75. The molecule has 0 heterocycles. The Bertz CT molecular complexity index is 367. The fraction of sp³-hybridized carbons (Fsp3) is 0.900. The van der Waals surface area contributed by atoms with Gasteiger partial charge in [-0.3, -0.25) is 4.79 Å². The highest BCUT2D eigenvalue weighted by Gasteiger charge is 2.36. The first-order valence-corrected chi connectivity index (χ1v) is 7.74. The van der Waals surface area contributed by atoms with Gasteiger partial charge in [0.2, 0.25) is 15.9 Å². The largest absolute Gasteiger partial charge is 0.354 e. The Balaban J connectivity index is 0.00000289. The van der Waals surface area contributed by atoms with E-state index in [9.17, 15) is 13.2 Å². The number of sulfonamides is 1. The smallest absolute Gasteiger partial charge is 0.240 e. The second-order valence-corrected chi connectivity index (χ2v) is 6.47. The average molecular weight is 300 g/mol. The lowest BCUT2D eigenvalue weighted by Crippen LogP contribution is -2.52. The Kier molecular flexibility index (Phi) is 7.13. The van der Waals surface area contributed by atoms with Crippen LogP contribution in [0.3, 0.4) is 0 Å². The van der Waals surface area contributed by atoms with Crippen LogP contribution >= 0.6 is 12.4 Å². The highest BCUT2D eigenvalue weighted by atomic mass is 35.5. The molecular formula is C10H22ClN3O3S. The molecule has 0 aromatic carbocycles. The molecule has 0 aliphatic heterocycles. The Hall–Kier alpha value is -0.370. The fourth-order valence-electron chi connectivity index (χ4n) is 1.96. The molecule has 18 heavy (non-hydrogen) atoms. The number of rotatable bonds is 6. The number of nitrogens with one attached hydrogen (secondary N) is 2. The highest BCUT2D eigenvalue weighted by molar-refractivity contribution is 7.88. The Morgan fingerprint density at radius 1 is 1.28 bits per heavy atom. The van der Waals surface area contributed by atoms with Gasteiger partial charge in [-0.05, 0) is 19.3 Å². The van der Waals surface area contributed by atoms with Gasteiger partial charge in [-0.15, -0.1) is 12.4 Å². The van der Waals surface area contributed by atoms with Crippen molar-refractivity contribution in [3.8, 4) is 0 Å². The van der Waals surface area contributed by atoms with Crippen LogP contribution in [0.5, 0.6) is 0 Å². The van der Waals surface area contributed by atoms with Crippen LogP contribution in [0.15, 0.2) is 0 Å². The predicted octanol–water partition coefficient (Wildman–Crippen LogP) is -0.265. The summed E-state index contributed by atoms with van der Waals surface area (Å²) in [5.74, 6) is -0.116. The molecule has 0 unspecified atom stereocenters. The summed E-state index contributed by atoms with van der Waals surface area (Å²) >= 11 is 0. The number of carbonyl (C=O) groups excluding carboxylic acids is 1. The van der Waals surface area contributed by atoms with E-state index in [2.05, 4.69) is 10.0 Å². The van der Waals surface area contributed by atoms with E-state index in [1.54, 1.807) is 0 Å². The maximum atomic E-state index is 11.8. The molecule has 0 aromatic heterocycles. The highest BCUT2D eigenvalue weighted by Crippen LogP contribution is 2.26. The van der Waals surface area contributed by atoms with Gasteiger partial charge in [-0.25, -0.2) is 13.1 Å². The summed E-state index contributed by atoms with van der Waals surface area (Å²) in [6, 6.07) is 0. The molecule has 108 valence electrons. The molecule has 1 saturated carbocycles. The third kappa shape index (κ3) is 5.99. The molecule has 0 spiro atoms. The number of carbonyl (C=O) groups is 1. The predicted molar refractivity (Wildman–Crippen MR) is 73.1 cm³/mol. The second-order valence-electron chi connectivity index (χ2n) is 4.64. The average Bonchev–Trinajstić information content (AvgIpc) is 2.64. The van der Waals surface area contributed by atoms with E-state index >= 15 is 0 Å². The lowest BCUT2D eigenvalue weighted by atomic mass is 9.98. The molecule has 1 amide bonds. The molecule has 0 radical (unpaired) electrons. The topological polar surface area (TPSA) is 101 Å². The van der Waals surface area contributed by atoms with Gasteiger partial charge in [0.1, 0.15) is 0 Å². The fourth-order valence-corrected chi connectivity index (χ4v) is 2.47. The van der Waals surface area contributed by atoms with Crippen molar-refractivity contribution < 1.29 is 13.2 Å². The first-order valence-electron chi connectivity index (χ1n) is 5.85. The van der Waals surface area contributed by atoms with Crippen LogP contribution < -0.4 is 15.8 Å². The van der Waals surface area contributed by atoms with E-state index in [4.69, 9.17) is 5.73 Å². The Morgan fingerprint density at radius 3 is 2.33 bits per heavy atom. The zero-order chi connectivity index (χ0) is 12.9. The lowest BCUT2D eigenvalue weighted by Gasteiger charge is -2.22. The van der Waals surface area contributed by atoms with Crippen LogP contribution in [0.1, 0.15) is 32.1 Å². The van der Waals surface area contributed by atoms with E-state index in [1.165, 1.54) is 0 Å². The summed E-state index contributed by atoms with van der Waals surface area (Å²) in [7, 11) is -3.14. The van der Waals surface area contributed by atoms with Gasteiger partial charge in [0.15, 0.2) is 0 Å². The molecule has 6 nitrogen and oxygen atoms in total. The molecule has 1 aliphatic carbocycles. The van der Waals surface area contributed by atoms with Crippen molar-refractivity contribution in [3.63, 3.8) is 0 Å². The van der Waals surface area contributed by atoms with Gasteiger partial charge in [-0.2, -0.15) is 0 Å². The molecule has 0 atom stereocenters.